The van der Waals surface area contributed by atoms with Crippen LogP contribution in [0.15, 0.2) is 164 Å². The number of fused-ring (bicyclic) bond motifs is 2. The van der Waals surface area contributed by atoms with Crippen LogP contribution in [0, 0.1) is 0 Å². The van der Waals surface area contributed by atoms with Gasteiger partial charge in [-0.3, -0.25) is 0 Å². The summed E-state index contributed by atoms with van der Waals surface area (Å²) >= 11 is 0. The summed E-state index contributed by atoms with van der Waals surface area (Å²) in [5.41, 5.74) is 13.0. The van der Waals surface area contributed by atoms with E-state index in [1.54, 1.807) is 0 Å². The SMILES string of the molecule is c1ccc(-c2ccc(-n3c(-c4ccccc4)c(-c4c(-c5ccccc5)[nH]c5ccccc45)c4ccccc43)cc2)cc1. The summed E-state index contributed by atoms with van der Waals surface area (Å²) in [7, 11) is 0. The first kappa shape index (κ1) is 24.2. The molecule has 2 aromatic heterocycles. The van der Waals surface area contributed by atoms with E-state index in [1.807, 2.05) is 0 Å². The van der Waals surface area contributed by atoms with Crippen molar-refractivity contribution in [1.29, 1.82) is 0 Å². The van der Waals surface area contributed by atoms with Crippen molar-refractivity contribution in [2.75, 3.05) is 0 Å². The zero-order chi connectivity index (χ0) is 27.9. The fourth-order valence-electron chi connectivity index (χ4n) is 6.29. The zero-order valence-corrected chi connectivity index (χ0v) is 23.0. The molecule has 0 radical (unpaired) electrons. The fourth-order valence-corrected chi connectivity index (χ4v) is 6.29. The van der Waals surface area contributed by atoms with Crippen molar-refractivity contribution in [3.05, 3.63) is 164 Å². The van der Waals surface area contributed by atoms with E-state index < -0.39 is 0 Å². The second-order valence-electron chi connectivity index (χ2n) is 10.6. The molecule has 198 valence electrons. The van der Waals surface area contributed by atoms with Gasteiger partial charge in [0.05, 0.1) is 16.9 Å². The number of aromatic nitrogens is 2. The summed E-state index contributed by atoms with van der Waals surface area (Å²) in [6.45, 7) is 0. The van der Waals surface area contributed by atoms with Gasteiger partial charge < -0.3 is 9.55 Å². The highest BCUT2D eigenvalue weighted by molar-refractivity contribution is 6.15. The molecule has 2 nitrogen and oxygen atoms in total. The van der Waals surface area contributed by atoms with Gasteiger partial charge in [-0.15, -0.1) is 0 Å². The monoisotopic (exact) mass is 536 g/mol. The molecule has 0 aliphatic carbocycles. The normalized spacial score (nSPS) is 11.3. The van der Waals surface area contributed by atoms with Crippen LogP contribution in [0.25, 0.3) is 72.3 Å². The van der Waals surface area contributed by atoms with Crippen LogP contribution in [-0.2, 0) is 0 Å². The maximum absolute atomic E-state index is 3.79. The van der Waals surface area contributed by atoms with Gasteiger partial charge in [-0.1, -0.05) is 140 Å². The van der Waals surface area contributed by atoms with Gasteiger partial charge in [0.1, 0.15) is 0 Å². The maximum atomic E-state index is 3.79. The molecule has 0 atom stereocenters. The highest BCUT2D eigenvalue weighted by Gasteiger charge is 2.26. The number of hydrogen-bond acceptors (Lipinski definition) is 0. The lowest BCUT2D eigenvalue weighted by Crippen LogP contribution is -1.98. The summed E-state index contributed by atoms with van der Waals surface area (Å²) < 4.78 is 2.44. The number of H-pyrrole nitrogens is 1. The average Bonchev–Trinajstić information content (AvgIpc) is 3.62. The van der Waals surface area contributed by atoms with Gasteiger partial charge in [-0.25, -0.2) is 0 Å². The second-order valence-corrected chi connectivity index (χ2v) is 10.6. The minimum Gasteiger partial charge on any atom is -0.354 e. The zero-order valence-electron chi connectivity index (χ0n) is 23.0. The molecule has 0 spiro atoms. The lowest BCUT2D eigenvalue weighted by molar-refractivity contribution is 1.14. The molecule has 6 aromatic carbocycles. The molecule has 0 saturated carbocycles. The van der Waals surface area contributed by atoms with E-state index in [0.29, 0.717) is 0 Å². The molecule has 0 bridgehead atoms. The summed E-state index contributed by atoms with van der Waals surface area (Å²) in [4.78, 5) is 3.79. The van der Waals surface area contributed by atoms with E-state index in [-0.39, 0.29) is 0 Å². The van der Waals surface area contributed by atoms with Crippen LogP contribution in [0.2, 0.25) is 0 Å². The molecule has 0 fully saturated rings. The van der Waals surface area contributed by atoms with Crippen LogP contribution in [0.3, 0.4) is 0 Å². The molecule has 42 heavy (non-hydrogen) atoms. The predicted molar refractivity (Wildman–Crippen MR) is 177 cm³/mol. The molecule has 1 N–H and O–H groups in total. The van der Waals surface area contributed by atoms with Crippen LogP contribution in [0.5, 0.6) is 0 Å². The number of para-hydroxylation sites is 2. The Labute approximate surface area is 245 Å². The average molecular weight is 537 g/mol. The van der Waals surface area contributed by atoms with Gasteiger partial charge in [-0.2, -0.15) is 0 Å². The first-order valence-corrected chi connectivity index (χ1v) is 14.4. The summed E-state index contributed by atoms with van der Waals surface area (Å²) in [6.07, 6.45) is 0. The number of benzene rings is 6. The summed E-state index contributed by atoms with van der Waals surface area (Å²) in [5.74, 6) is 0. The smallest absolute Gasteiger partial charge is 0.0620 e. The number of rotatable bonds is 5. The van der Waals surface area contributed by atoms with Crippen molar-refractivity contribution in [2.45, 2.75) is 0 Å². The summed E-state index contributed by atoms with van der Waals surface area (Å²) in [6, 6.07) is 58.5. The highest BCUT2D eigenvalue weighted by atomic mass is 15.0. The minimum atomic E-state index is 1.13. The molecule has 8 rings (SSSR count). The van der Waals surface area contributed by atoms with Gasteiger partial charge in [0.15, 0.2) is 0 Å². The first-order chi connectivity index (χ1) is 20.9. The Morgan fingerprint density at radius 1 is 0.381 bits per heavy atom. The molecule has 2 heterocycles. The van der Waals surface area contributed by atoms with Gasteiger partial charge in [0.2, 0.25) is 0 Å². The van der Waals surface area contributed by atoms with Gasteiger partial charge in [0.25, 0.3) is 0 Å². The maximum Gasteiger partial charge on any atom is 0.0620 e. The molecule has 8 aromatic rings. The van der Waals surface area contributed by atoms with Gasteiger partial charge in [0, 0.05) is 33.1 Å². The fraction of sp³-hybridized carbons (Fsp3) is 0. The lowest BCUT2D eigenvalue weighted by atomic mass is 9.93. The van der Waals surface area contributed by atoms with E-state index in [0.717, 1.165) is 16.9 Å². The van der Waals surface area contributed by atoms with E-state index in [1.165, 1.54) is 55.4 Å². The highest BCUT2D eigenvalue weighted by Crippen LogP contribution is 2.48. The molecule has 0 unspecified atom stereocenters. The predicted octanol–water partition coefficient (Wildman–Crippen LogP) is 10.8. The molecular formula is C40H28N2. The molecule has 0 amide bonds. The third kappa shape index (κ3) is 3.96. The van der Waals surface area contributed by atoms with E-state index in [4.69, 9.17) is 0 Å². The second kappa shape index (κ2) is 10.1. The van der Waals surface area contributed by atoms with E-state index in [2.05, 4.69) is 173 Å². The van der Waals surface area contributed by atoms with Crippen molar-refractivity contribution in [3.8, 4) is 50.5 Å². The topological polar surface area (TPSA) is 20.7 Å². The molecule has 0 saturated heterocycles. The Kier molecular flexibility index (Phi) is 5.82. The Balaban J connectivity index is 1.48. The molecular weight excluding hydrogens is 508 g/mol. The van der Waals surface area contributed by atoms with Crippen LogP contribution < -0.4 is 0 Å². The molecule has 0 aliphatic heterocycles. The van der Waals surface area contributed by atoms with Crippen molar-refractivity contribution in [1.82, 2.24) is 9.55 Å². The molecule has 0 aliphatic rings. The molecule has 2 heteroatoms. The standard InChI is InChI=1S/C40H28N2/c1-4-14-28(15-5-1)29-24-26-32(27-25-29)42-36-23-13-11-21-34(36)38(40(42)31-18-8-3-9-19-31)37-33-20-10-12-22-35(33)41-39(37)30-16-6-2-7-17-30/h1-27,41H. The number of aromatic amines is 1. The van der Waals surface area contributed by atoms with Crippen molar-refractivity contribution < 1.29 is 0 Å². The van der Waals surface area contributed by atoms with Crippen molar-refractivity contribution in [2.24, 2.45) is 0 Å². The van der Waals surface area contributed by atoms with Gasteiger partial charge in [-0.05, 0) is 46.5 Å². The van der Waals surface area contributed by atoms with Crippen LogP contribution in [0.4, 0.5) is 0 Å². The van der Waals surface area contributed by atoms with Gasteiger partial charge >= 0.3 is 0 Å². The first-order valence-electron chi connectivity index (χ1n) is 14.4. The Bertz CT molecular complexity index is 2150. The third-order valence-electron chi connectivity index (χ3n) is 8.17. The minimum absolute atomic E-state index is 1.13. The largest absolute Gasteiger partial charge is 0.354 e. The van der Waals surface area contributed by atoms with Crippen LogP contribution in [0.1, 0.15) is 0 Å². The Morgan fingerprint density at radius 3 is 1.60 bits per heavy atom. The Morgan fingerprint density at radius 2 is 0.905 bits per heavy atom. The van der Waals surface area contributed by atoms with Crippen LogP contribution >= 0.6 is 0 Å². The Hall–Kier alpha value is -5.60. The third-order valence-corrected chi connectivity index (χ3v) is 8.17. The van der Waals surface area contributed by atoms with E-state index in [9.17, 15) is 0 Å². The number of hydrogen-bond donors (Lipinski definition) is 1. The van der Waals surface area contributed by atoms with Crippen molar-refractivity contribution in [3.63, 3.8) is 0 Å². The number of nitrogens with zero attached hydrogens (tertiary/aromatic N) is 1. The lowest BCUT2D eigenvalue weighted by Gasteiger charge is -2.15. The van der Waals surface area contributed by atoms with Crippen LogP contribution in [-0.4, -0.2) is 9.55 Å². The van der Waals surface area contributed by atoms with Crippen molar-refractivity contribution >= 4 is 21.8 Å². The van der Waals surface area contributed by atoms with E-state index >= 15 is 0 Å². The quantitative estimate of drug-likeness (QED) is 0.226. The number of nitrogens with one attached hydrogen (secondary N) is 1. The summed E-state index contributed by atoms with van der Waals surface area (Å²) in [5, 5.41) is 2.45.